The van der Waals surface area contributed by atoms with Gasteiger partial charge in [0.05, 0.1) is 6.04 Å². The van der Waals surface area contributed by atoms with Crippen molar-refractivity contribution in [3.05, 3.63) is 0 Å². The number of carboxylic acid groups (broad SMARTS) is 2. The fraction of sp³-hybridized carbons (Fsp3) is 0.793. The van der Waals surface area contributed by atoms with E-state index in [2.05, 4.69) is 21.3 Å². The van der Waals surface area contributed by atoms with Crippen molar-refractivity contribution in [2.45, 2.75) is 122 Å². The molecular formula is C29H55N7O8. The summed E-state index contributed by atoms with van der Waals surface area (Å²) in [5.74, 6) is -5.13. The van der Waals surface area contributed by atoms with Crippen LogP contribution in [0.3, 0.4) is 0 Å². The number of carboxylic acids is 2. The van der Waals surface area contributed by atoms with Crippen molar-refractivity contribution in [1.29, 1.82) is 0 Å². The quantitative estimate of drug-likeness (QED) is 0.0617. The van der Waals surface area contributed by atoms with E-state index in [-0.39, 0.29) is 37.5 Å². The lowest BCUT2D eigenvalue weighted by Crippen LogP contribution is -2.58. The summed E-state index contributed by atoms with van der Waals surface area (Å²) in [4.78, 5) is 75.7. The van der Waals surface area contributed by atoms with E-state index in [1.807, 2.05) is 27.7 Å². The van der Waals surface area contributed by atoms with Crippen LogP contribution in [0.15, 0.2) is 0 Å². The largest absolute Gasteiger partial charge is 0.481 e. The number of nitrogens with two attached hydrogens (primary N) is 3. The Morgan fingerprint density at radius 2 is 0.955 bits per heavy atom. The fourth-order valence-corrected chi connectivity index (χ4v) is 4.46. The molecule has 0 saturated carbocycles. The number of rotatable bonds is 24. The Labute approximate surface area is 260 Å². The van der Waals surface area contributed by atoms with E-state index < -0.39 is 72.2 Å². The molecule has 15 heteroatoms. The van der Waals surface area contributed by atoms with Gasteiger partial charge in [0, 0.05) is 6.42 Å². The Balaban J connectivity index is 5.97. The molecule has 44 heavy (non-hydrogen) atoms. The van der Waals surface area contributed by atoms with E-state index in [4.69, 9.17) is 17.2 Å². The summed E-state index contributed by atoms with van der Waals surface area (Å²) < 4.78 is 0. The molecule has 254 valence electrons. The Bertz CT molecular complexity index is 931. The monoisotopic (exact) mass is 629 g/mol. The summed E-state index contributed by atoms with van der Waals surface area (Å²) in [5.41, 5.74) is 17.1. The Hall–Kier alpha value is -3.30. The zero-order chi connectivity index (χ0) is 33.8. The van der Waals surface area contributed by atoms with Crippen LogP contribution in [0.1, 0.15) is 91.9 Å². The zero-order valence-electron chi connectivity index (χ0n) is 26.6. The van der Waals surface area contributed by atoms with Gasteiger partial charge in [-0.15, -0.1) is 0 Å². The second-order valence-corrected chi connectivity index (χ2v) is 11.9. The maximum Gasteiger partial charge on any atom is 0.326 e. The minimum absolute atomic E-state index is 0.0319. The van der Waals surface area contributed by atoms with Crippen LogP contribution in [-0.2, 0) is 28.8 Å². The molecular weight excluding hydrogens is 574 g/mol. The highest BCUT2D eigenvalue weighted by molar-refractivity contribution is 5.95. The fourth-order valence-electron chi connectivity index (χ4n) is 4.46. The molecule has 0 saturated heterocycles. The molecule has 0 heterocycles. The van der Waals surface area contributed by atoms with Crippen molar-refractivity contribution in [2.24, 2.45) is 29.0 Å². The number of aliphatic carboxylic acids is 2. The van der Waals surface area contributed by atoms with Gasteiger partial charge in [0.15, 0.2) is 0 Å². The molecule has 4 amide bonds. The molecule has 0 aromatic carbocycles. The molecule has 12 N–H and O–H groups in total. The van der Waals surface area contributed by atoms with E-state index in [1.165, 1.54) is 0 Å². The van der Waals surface area contributed by atoms with Gasteiger partial charge in [-0.2, -0.15) is 0 Å². The number of carbonyl (C=O) groups excluding carboxylic acids is 4. The number of carbonyl (C=O) groups is 6. The van der Waals surface area contributed by atoms with Crippen molar-refractivity contribution in [3.8, 4) is 0 Å². The highest BCUT2D eigenvalue weighted by Crippen LogP contribution is 2.10. The molecule has 0 radical (unpaired) electrons. The lowest BCUT2D eigenvalue weighted by atomic mass is 10.0. The van der Waals surface area contributed by atoms with Gasteiger partial charge in [-0.1, -0.05) is 27.7 Å². The molecule has 0 spiro atoms. The predicted molar refractivity (Wildman–Crippen MR) is 165 cm³/mol. The van der Waals surface area contributed by atoms with Gasteiger partial charge in [0.2, 0.25) is 23.6 Å². The van der Waals surface area contributed by atoms with Gasteiger partial charge in [0.25, 0.3) is 0 Å². The summed E-state index contributed by atoms with van der Waals surface area (Å²) in [6, 6.07) is -5.64. The van der Waals surface area contributed by atoms with Gasteiger partial charge < -0.3 is 48.7 Å². The average Bonchev–Trinajstić information content (AvgIpc) is 2.92. The summed E-state index contributed by atoms with van der Waals surface area (Å²) in [6.07, 6.45) is 2.16. The summed E-state index contributed by atoms with van der Waals surface area (Å²) >= 11 is 0. The maximum absolute atomic E-state index is 13.4. The van der Waals surface area contributed by atoms with E-state index in [9.17, 15) is 39.0 Å². The SMILES string of the molecule is CC(C)C[C@H](NC(=O)[C@H](CCCCN)NC(=O)[C@H](CCC(=O)O)NC(=O)[C@H](CCCCN)NC(=O)[C@@H](N)CC(C)C)C(=O)O. The number of hydrogen-bond donors (Lipinski definition) is 9. The average molecular weight is 630 g/mol. The molecule has 0 rings (SSSR count). The third-order valence-corrected chi connectivity index (χ3v) is 6.82. The number of hydrogen-bond acceptors (Lipinski definition) is 9. The smallest absolute Gasteiger partial charge is 0.326 e. The van der Waals surface area contributed by atoms with Crippen LogP contribution in [0.5, 0.6) is 0 Å². The van der Waals surface area contributed by atoms with E-state index in [0.717, 1.165) is 0 Å². The van der Waals surface area contributed by atoms with Crippen LogP contribution in [0.4, 0.5) is 0 Å². The van der Waals surface area contributed by atoms with Crippen molar-refractivity contribution in [1.82, 2.24) is 21.3 Å². The van der Waals surface area contributed by atoms with Crippen LogP contribution in [0, 0.1) is 11.8 Å². The van der Waals surface area contributed by atoms with Crippen LogP contribution >= 0.6 is 0 Å². The molecule has 0 bridgehead atoms. The van der Waals surface area contributed by atoms with E-state index >= 15 is 0 Å². The van der Waals surface area contributed by atoms with Crippen LogP contribution in [0.25, 0.3) is 0 Å². The first kappa shape index (κ1) is 40.7. The van der Waals surface area contributed by atoms with E-state index in [1.54, 1.807) is 0 Å². The minimum atomic E-state index is -1.37. The molecule has 0 unspecified atom stereocenters. The van der Waals surface area contributed by atoms with Crippen molar-refractivity contribution < 1.29 is 39.0 Å². The number of amides is 4. The first-order chi connectivity index (χ1) is 20.6. The molecule has 0 aromatic heterocycles. The molecule has 5 atom stereocenters. The third kappa shape index (κ3) is 17.7. The zero-order valence-corrected chi connectivity index (χ0v) is 26.6. The normalized spacial score (nSPS) is 14.7. The highest BCUT2D eigenvalue weighted by Gasteiger charge is 2.32. The second-order valence-electron chi connectivity index (χ2n) is 11.9. The lowest BCUT2D eigenvalue weighted by Gasteiger charge is -2.27. The number of nitrogens with one attached hydrogen (secondary N) is 4. The molecule has 15 nitrogen and oxygen atoms in total. The van der Waals surface area contributed by atoms with Gasteiger partial charge in [0.1, 0.15) is 24.2 Å². The van der Waals surface area contributed by atoms with Gasteiger partial charge in [-0.3, -0.25) is 24.0 Å². The Kier molecular flexibility index (Phi) is 20.6. The topological polar surface area (TPSA) is 269 Å². The van der Waals surface area contributed by atoms with Gasteiger partial charge in [-0.25, -0.2) is 4.79 Å². The minimum Gasteiger partial charge on any atom is -0.481 e. The number of unbranched alkanes of at least 4 members (excludes halogenated alkanes) is 2. The van der Waals surface area contributed by atoms with E-state index in [0.29, 0.717) is 45.2 Å². The maximum atomic E-state index is 13.4. The molecule has 0 aliphatic rings. The summed E-state index contributed by atoms with van der Waals surface area (Å²) in [7, 11) is 0. The van der Waals surface area contributed by atoms with Crippen LogP contribution in [-0.4, -0.2) is 89.1 Å². The molecule has 0 aliphatic heterocycles. The first-order valence-corrected chi connectivity index (χ1v) is 15.4. The van der Waals surface area contributed by atoms with Gasteiger partial charge >= 0.3 is 11.9 Å². The van der Waals surface area contributed by atoms with Crippen molar-refractivity contribution in [2.75, 3.05) is 13.1 Å². The molecule has 0 aromatic rings. The Morgan fingerprint density at radius 1 is 0.568 bits per heavy atom. The Morgan fingerprint density at radius 3 is 1.32 bits per heavy atom. The first-order valence-electron chi connectivity index (χ1n) is 15.4. The summed E-state index contributed by atoms with van der Waals surface area (Å²) in [6.45, 7) is 8.12. The highest BCUT2D eigenvalue weighted by atomic mass is 16.4. The van der Waals surface area contributed by atoms with Gasteiger partial charge in [-0.05, 0) is 82.7 Å². The predicted octanol–water partition coefficient (Wildman–Crippen LogP) is -0.447. The lowest BCUT2D eigenvalue weighted by molar-refractivity contribution is -0.142. The van der Waals surface area contributed by atoms with Crippen LogP contribution < -0.4 is 38.5 Å². The van der Waals surface area contributed by atoms with Crippen molar-refractivity contribution in [3.63, 3.8) is 0 Å². The molecule has 0 aliphatic carbocycles. The second kappa shape index (κ2) is 22.2. The third-order valence-electron chi connectivity index (χ3n) is 6.82. The van der Waals surface area contributed by atoms with Crippen LogP contribution in [0.2, 0.25) is 0 Å². The van der Waals surface area contributed by atoms with Crippen molar-refractivity contribution >= 4 is 35.6 Å². The summed E-state index contributed by atoms with van der Waals surface area (Å²) in [5, 5.41) is 29.0. The molecule has 0 fully saturated rings. The standard InChI is InChI=1S/C29H55N7O8/c1-17(2)15-19(32)25(39)33-20(9-5-7-13-30)26(40)35-22(11-12-24(37)38)28(42)34-21(10-6-8-14-31)27(41)36-23(29(43)44)16-18(3)4/h17-23H,5-16,30-32H2,1-4H3,(H,33,39)(H,34,42)(H,35,40)(H,36,41)(H,37,38)(H,43,44)/t19-,20-,21-,22-,23-/m0/s1.